The molecule has 1 amide bonds. The van der Waals surface area contributed by atoms with Crippen LogP contribution in [0.1, 0.15) is 5.56 Å². The van der Waals surface area contributed by atoms with Crippen molar-refractivity contribution in [1.82, 2.24) is 0 Å². The van der Waals surface area contributed by atoms with Crippen LogP contribution in [0.2, 0.25) is 5.02 Å². The van der Waals surface area contributed by atoms with Gasteiger partial charge in [0.25, 0.3) is 5.91 Å². The number of halogens is 1. The Kier molecular flexibility index (Phi) is 6.84. The maximum Gasteiger partial charge on any atom is 0.266 e. The Morgan fingerprint density at radius 1 is 1.31 bits per heavy atom. The van der Waals surface area contributed by atoms with Gasteiger partial charge in [-0.15, -0.1) is 0 Å². The van der Waals surface area contributed by atoms with Crippen LogP contribution in [0.15, 0.2) is 60.7 Å². The van der Waals surface area contributed by atoms with Crippen LogP contribution in [0.5, 0.6) is 11.5 Å². The number of rotatable bonds is 7. The molecular weight excluding hydrogens is 352 g/mol. The van der Waals surface area contributed by atoms with Gasteiger partial charge in [0.2, 0.25) is 0 Å². The standard InChI is InChI=1S/C20H17ClN2O3/c1-3-10-26-17-7-4-14(5-8-17)11-15(13-22)20(24)23-16-6-9-19(25-2)18(21)12-16/h3-9,11-12H,1,10H2,2H3,(H,23,24)/b15-11+. The van der Waals surface area contributed by atoms with Crippen LogP contribution < -0.4 is 14.8 Å². The van der Waals surface area contributed by atoms with Crippen molar-refractivity contribution in [1.29, 1.82) is 5.26 Å². The van der Waals surface area contributed by atoms with Crippen molar-refractivity contribution in [3.05, 3.63) is 71.3 Å². The van der Waals surface area contributed by atoms with Crippen LogP contribution in [0, 0.1) is 11.3 Å². The number of nitrogens with one attached hydrogen (secondary N) is 1. The average Bonchev–Trinajstić information content (AvgIpc) is 2.65. The summed E-state index contributed by atoms with van der Waals surface area (Å²) in [4.78, 5) is 12.3. The van der Waals surface area contributed by atoms with Gasteiger partial charge in [-0.2, -0.15) is 5.26 Å². The number of amides is 1. The van der Waals surface area contributed by atoms with Crippen molar-refractivity contribution in [2.24, 2.45) is 0 Å². The van der Waals surface area contributed by atoms with E-state index in [9.17, 15) is 10.1 Å². The minimum absolute atomic E-state index is 0.0308. The quantitative estimate of drug-likeness (QED) is 0.445. The van der Waals surface area contributed by atoms with E-state index in [2.05, 4.69) is 11.9 Å². The Morgan fingerprint density at radius 3 is 2.62 bits per heavy atom. The molecule has 0 heterocycles. The zero-order valence-corrected chi connectivity index (χ0v) is 14.9. The van der Waals surface area contributed by atoms with Gasteiger partial charge in [-0.05, 0) is 42.0 Å². The second-order valence-corrected chi connectivity index (χ2v) is 5.55. The van der Waals surface area contributed by atoms with Crippen molar-refractivity contribution in [3.8, 4) is 17.6 Å². The predicted octanol–water partition coefficient (Wildman–Crippen LogP) is 4.46. The third-order valence-electron chi connectivity index (χ3n) is 3.33. The molecule has 2 rings (SSSR count). The lowest BCUT2D eigenvalue weighted by Gasteiger charge is -2.08. The summed E-state index contributed by atoms with van der Waals surface area (Å²) in [5.41, 5.74) is 1.14. The van der Waals surface area contributed by atoms with Gasteiger partial charge < -0.3 is 14.8 Å². The molecule has 5 nitrogen and oxygen atoms in total. The van der Waals surface area contributed by atoms with E-state index in [-0.39, 0.29) is 5.57 Å². The van der Waals surface area contributed by atoms with Crippen molar-refractivity contribution in [2.45, 2.75) is 0 Å². The third-order valence-corrected chi connectivity index (χ3v) is 3.63. The van der Waals surface area contributed by atoms with E-state index in [4.69, 9.17) is 21.1 Å². The molecule has 6 heteroatoms. The van der Waals surface area contributed by atoms with Crippen molar-refractivity contribution in [3.63, 3.8) is 0 Å². The van der Waals surface area contributed by atoms with Gasteiger partial charge in [-0.1, -0.05) is 36.4 Å². The largest absolute Gasteiger partial charge is 0.495 e. The summed E-state index contributed by atoms with van der Waals surface area (Å²) < 4.78 is 10.5. The van der Waals surface area contributed by atoms with Gasteiger partial charge in [-0.25, -0.2) is 0 Å². The molecule has 0 aliphatic heterocycles. The molecule has 132 valence electrons. The number of hydrogen-bond acceptors (Lipinski definition) is 4. The number of nitrogens with zero attached hydrogens (tertiary/aromatic N) is 1. The molecule has 0 aliphatic rings. The first-order valence-corrected chi connectivity index (χ1v) is 8.05. The van der Waals surface area contributed by atoms with Gasteiger partial charge in [0, 0.05) is 5.69 Å². The molecule has 0 fully saturated rings. The van der Waals surface area contributed by atoms with E-state index in [0.29, 0.717) is 34.4 Å². The molecule has 2 aromatic carbocycles. The highest BCUT2D eigenvalue weighted by molar-refractivity contribution is 6.32. The summed E-state index contributed by atoms with van der Waals surface area (Å²) >= 11 is 6.03. The molecule has 26 heavy (non-hydrogen) atoms. The Labute approximate surface area is 157 Å². The highest BCUT2D eigenvalue weighted by Gasteiger charge is 2.11. The smallest absolute Gasteiger partial charge is 0.266 e. The van der Waals surface area contributed by atoms with Gasteiger partial charge in [-0.3, -0.25) is 4.79 Å². The number of benzene rings is 2. The van der Waals surface area contributed by atoms with Crippen LogP contribution in [-0.4, -0.2) is 19.6 Å². The number of ether oxygens (including phenoxy) is 2. The monoisotopic (exact) mass is 368 g/mol. The Balaban J connectivity index is 2.12. The van der Waals surface area contributed by atoms with Gasteiger partial charge in [0.1, 0.15) is 29.7 Å². The first-order chi connectivity index (χ1) is 12.6. The maximum absolute atomic E-state index is 12.3. The highest BCUT2D eigenvalue weighted by atomic mass is 35.5. The van der Waals surface area contributed by atoms with E-state index < -0.39 is 5.91 Å². The number of carbonyl (C=O) groups is 1. The molecule has 0 saturated heterocycles. The zero-order chi connectivity index (χ0) is 18.9. The summed E-state index contributed by atoms with van der Waals surface area (Å²) in [7, 11) is 1.50. The summed E-state index contributed by atoms with van der Waals surface area (Å²) in [6.07, 6.45) is 3.15. The fraction of sp³-hybridized carbons (Fsp3) is 0.100. The third kappa shape index (κ3) is 5.13. The lowest BCUT2D eigenvalue weighted by atomic mass is 10.1. The van der Waals surface area contributed by atoms with Crippen molar-refractivity contribution >= 4 is 29.3 Å². The predicted molar refractivity (Wildman–Crippen MR) is 102 cm³/mol. The minimum Gasteiger partial charge on any atom is -0.495 e. The van der Waals surface area contributed by atoms with Crippen molar-refractivity contribution < 1.29 is 14.3 Å². The van der Waals surface area contributed by atoms with Crippen LogP contribution in [0.3, 0.4) is 0 Å². The topological polar surface area (TPSA) is 71.3 Å². The summed E-state index contributed by atoms with van der Waals surface area (Å²) in [5.74, 6) is 0.651. The van der Waals surface area contributed by atoms with Crippen molar-refractivity contribution in [2.75, 3.05) is 19.0 Å². The lowest BCUT2D eigenvalue weighted by molar-refractivity contribution is -0.112. The Hall–Kier alpha value is -3.23. The molecule has 0 unspecified atom stereocenters. The Bertz CT molecular complexity index is 868. The first kappa shape index (κ1) is 19.1. The van der Waals surface area contributed by atoms with Gasteiger partial charge in [0.15, 0.2) is 0 Å². The fourth-order valence-electron chi connectivity index (χ4n) is 2.07. The number of methoxy groups -OCH3 is 1. The zero-order valence-electron chi connectivity index (χ0n) is 14.2. The van der Waals surface area contributed by atoms with Crippen LogP contribution in [0.4, 0.5) is 5.69 Å². The molecule has 0 aromatic heterocycles. The summed E-state index contributed by atoms with van der Waals surface area (Å²) in [5, 5.41) is 12.3. The molecule has 0 aliphatic carbocycles. The van der Waals surface area contributed by atoms with E-state index in [1.165, 1.54) is 13.2 Å². The molecular formula is C20H17ClN2O3. The second-order valence-electron chi connectivity index (χ2n) is 5.14. The minimum atomic E-state index is -0.527. The Morgan fingerprint density at radius 2 is 2.04 bits per heavy atom. The summed E-state index contributed by atoms with van der Waals surface area (Å²) in [6.45, 7) is 3.99. The van der Waals surface area contributed by atoms with E-state index in [1.807, 2.05) is 6.07 Å². The number of nitriles is 1. The fourth-order valence-corrected chi connectivity index (χ4v) is 2.33. The van der Waals surface area contributed by atoms with E-state index in [1.54, 1.807) is 48.5 Å². The average molecular weight is 369 g/mol. The van der Waals surface area contributed by atoms with E-state index in [0.717, 1.165) is 0 Å². The summed E-state index contributed by atoms with van der Waals surface area (Å²) in [6, 6.07) is 13.8. The number of anilines is 1. The molecule has 0 radical (unpaired) electrons. The molecule has 2 aromatic rings. The number of carbonyl (C=O) groups excluding carboxylic acids is 1. The molecule has 1 N–H and O–H groups in total. The van der Waals surface area contributed by atoms with Crippen LogP contribution >= 0.6 is 11.6 Å². The van der Waals surface area contributed by atoms with Gasteiger partial charge >= 0.3 is 0 Å². The highest BCUT2D eigenvalue weighted by Crippen LogP contribution is 2.27. The molecule has 0 bridgehead atoms. The molecule has 0 spiro atoms. The lowest BCUT2D eigenvalue weighted by Crippen LogP contribution is -2.13. The molecule has 0 atom stereocenters. The van der Waals surface area contributed by atoms with Gasteiger partial charge in [0.05, 0.1) is 12.1 Å². The second kappa shape index (κ2) is 9.30. The van der Waals surface area contributed by atoms with E-state index >= 15 is 0 Å². The molecule has 0 saturated carbocycles. The SMILES string of the molecule is C=CCOc1ccc(/C=C(\C#N)C(=O)Nc2ccc(OC)c(Cl)c2)cc1. The van der Waals surface area contributed by atoms with Crippen LogP contribution in [0.25, 0.3) is 6.08 Å². The van der Waals surface area contributed by atoms with Crippen LogP contribution in [-0.2, 0) is 4.79 Å². The maximum atomic E-state index is 12.3. The first-order valence-electron chi connectivity index (χ1n) is 7.68. The normalized spacial score (nSPS) is 10.6. The number of hydrogen-bond donors (Lipinski definition) is 1.